The number of carbonyl (C=O) groups excluding carboxylic acids is 2. The number of hydrogen-bond acceptors (Lipinski definition) is 8. The maximum atomic E-state index is 12.9. The molecule has 0 unspecified atom stereocenters. The maximum Gasteiger partial charge on any atom is 0.246 e. The van der Waals surface area contributed by atoms with Gasteiger partial charge in [-0.15, -0.1) is 0 Å². The SMILES string of the molecule is CCCNc1nc(Nc2ccc(C#N)cc2)ncc1C#CCCCNC(=O)[C@@H]1CCCCN1C(=O)C=CCN(C)C. The predicted octanol–water partition coefficient (Wildman–Crippen LogP) is 3.66. The highest BCUT2D eigenvalue weighted by molar-refractivity contribution is 5.93. The van der Waals surface area contributed by atoms with Gasteiger partial charge in [0, 0.05) is 44.4 Å². The molecule has 1 aromatic heterocycles. The Bertz CT molecular complexity index is 1290. The number of hydrogen-bond donors (Lipinski definition) is 3. The van der Waals surface area contributed by atoms with Crippen molar-refractivity contribution in [3.8, 4) is 17.9 Å². The van der Waals surface area contributed by atoms with E-state index in [0.29, 0.717) is 61.8 Å². The minimum atomic E-state index is -0.424. The van der Waals surface area contributed by atoms with Crippen LogP contribution < -0.4 is 16.0 Å². The Morgan fingerprint density at radius 1 is 1.20 bits per heavy atom. The van der Waals surface area contributed by atoms with Crippen molar-refractivity contribution in [1.82, 2.24) is 25.1 Å². The van der Waals surface area contributed by atoms with E-state index in [4.69, 9.17) is 5.26 Å². The summed E-state index contributed by atoms with van der Waals surface area (Å²) in [6.45, 7) is 4.61. The predicted molar refractivity (Wildman–Crippen MR) is 161 cm³/mol. The topological polar surface area (TPSA) is 126 Å². The highest BCUT2D eigenvalue weighted by Gasteiger charge is 2.30. The molecule has 10 heteroatoms. The van der Waals surface area contributed by atoms with Gasteiger partial charge < -0.3 is 25.8 Å². The van der Waals surface area contributed by atoms with E-state index in [1.54, 1.807) is 41.4 Å². The summed E-state index contributed by atoms with van der Waals surface area (Å²) in [5, 5.41) is 18.4. The van der Waals surface area contributed by atoms with Gasteiger partial charge in [0.25, 0.3) is 0 Å². The summed E-state index contributed by atoms with van der Waals surface area (Å²) >= 11 is 0. The molecule has 0 bridgehead atoms. The number of nitrogens with zero attached hydrogens (tertiary/aromatic N) is 5. The maximum absolute atomic E-state index is 12.9. The molecule has 0 radical (unpaired) electrons. The molecule has 2 heterocycles. The van der Waals surface area contributed by atoms with Crippen LogP contribution in [-0.4, -0.2) is 77.9 Å². The first-order valence-corrected chi connectivity index (χ1v) is 14.2. The molecule has 1 aromatic carbocycles. The van der Waals surface area contributed by atoms with Crippen LogP contribution in [0.25, 0.3) is 0 Å². The molecule has 0 saturated carbocycles. The molecule has 10 nitrogen and oxygen atoms in total. The fraction of sp³-hybridized carbons (Fsp3) is 0.452. The molecule has 3 rings (SSSR count). The number of unbranched alkanes of at least 4 members (excludes halogenated alkanes) is 1. The minimum absolute atomic E-state index is 0.100. The number of rotatable bonds is 12. The van der Waals surface area contributed by atoms with Crippen molar-refractivity contribution in [3.05, 3.63) is 53.7 Å². The van der Waals surface area contributed by atoms with Crippen molar-refractivity contribution in [2.24, 2.45) is 0 Å². The standard InChI is InChI=1S/C31H40N8O2/c1-4-18-33-29-25(23-35-31(37-29)36-26-16-14-24(22-32)15-17-26)11-6-5-8-19-34-30(41)27-12-7-9-21-39(27)28(40)13-10-20-38(2)3/h10,13-17,23,27H,4-5,7-9,12,18-21H2,1-3H3,(H,34,41)(H2,33,35,36,37)/t27-/m0/s1. The number of amides is 2. The molecule has 1 atom stereocenters. The van der Waals surface area contributed by atoms with Crippen molar-refractivity contribution >= 4 is 29.3 Å². The Kier molecular flexibility index (Phi) is 12.6. The molecule has 1 fully saturated rings. The lowest BCUT2D eigenvalue weighted by molar-refractivity contribution is -0.138. The fourth-order valence-corrected chi connectivity index (χ4v) is 4.26. The van der Waals surface area contributed by atoms with Crippen LogP contribution >= 0.6 is 0 Å². The van der Waals surface area contributed by atoms with Gasteiger partial charge in [-0.25, -0.2) is 4.98 Å². The largest absolute Gasteiger partial charge is 0.369 e. The molecule has 41 heavy (non-hydrogen) atoms. The average molecular weight is 557 g/mol. The molecular weight excluding hydrogens is 516 g/mol. The summed E-state index contributed by atoms with van der Waals surface area (Å²) in [4.78, 5) is 38.2. The first-order chi connectivity index (χ1) is 19.9. The van der Waals surface area contributed by atoms with Crippen LogP contribution in [0.2, 0.25) is 0 Å². The summed E-state index contributed by atoms with van der Waals surface area (Å²) in [7, 11) is 3.89. The van der Waals surface area contributed by atoms with E-state index in [0.717, 1.165) is 31.5 Å². The smallest absolute Gasteiger partial charge is 0.246 e. The van der Waals surface area contributed by atoms with Crippen molar-refractivity contribution < 1.29 is 9.59 Å². The number of nitriles is 1. The Labute approximate surface area is 243 Å². The van der Waals surface area contributed by atoms with Gasteiger partial charge in [-0.3, -0.25) is 9.59 Å². The van der Waals surface area contributed by atoms with E-state index in [9.17, 15) is 9.59 Å². The van der Waals surface area contributed by atoms with Gasteiger partial charge in [0.2, 0.25) is 17.8 Å². The number of anilines is 3. The first kappa shape index (κ1) is 31.1. The zero-order chi connectivity index (χ0) is 29.5. The molecule has 3 N–H and O–H groups in total. The second kappa shape index (κ2) is 16.6. The van der Waals surface area contributed by atoms with Crippen LogP contribution in [0.1, 0.15) is 56.6 Å². The third-order valence-electron chi connectivity index (χ3n) is 6.42. The van der Waals surface area contributed by atoms with E-state index in [1.165, 1.54) is 0 Å². The van der Waals surface area contributed by atoms with E-state index in [-0.39, 0.29) is 11.8 Å². The minimum Gasteiger partial charge on any atom is -0.369 e. The number of benzene rings is 1. The molecule has 1 aliphatic heterocycles. The van der Waals surface area contributed by atoms with Crippen molar-refractivity contribution in [2.45, 2.75) is 51.5 Å². The second-order valence-electron chi connectivity index (χ2n) is 10.1. The Balaban J connectivity index is 1.52. The third-order valence-corrected chi connectivity index (χ3v) is 6.42. The average Bonchev–Trinajstić information content (AvgIpc) is 2.98. The number of piperidine rings is 1. The number of carbonyl (C=O) groups is 2. The van der Waals surface area contributed by atoms with Crippen molar-refractivity contribution in [1.29, 1.82) is 5.26 Å². The molecule has 1 aliphatic rings. The monoisotopic (exact) mass is 556 g/mol. The van der Waals surface area contributed by atoms with E-state index < -0.39 is 6.04 Å². The van der Waals surface area contributed by atoms with E-state index in [2.05, 4.69) is 50.8 Å². The van der Waals surface area contributed by atoms with Crippen molar-refractivity contribution in [2.75, 3.05) is 50.9 Å². The highest BCUT2D eigenvalue weighted by Crippen LogP contribution is 2.19. The molecule has 2 amide bonds. The van der Waals surface area contributed by atoms with Gasteiger partial charge in [0.1, 0.15) is 11.9 Å². The molecule has 2 aromatic rings. The lowest BCUT2D eigenvalue weighted by atomic mass is 10.0. The van der Waals surface area contributed by atoms with Gasteiger partial charge >= 0.3 is 0 Å². The quantitative estimate of drug-likeness (QED) is 0.205. The zero-order valence-electron chi connectivity index (χ0n) is 24.2. The fourth-order valence-electron chi connectivity index (χ4n) is 4.26. The van der Waals surface area contributed by atoms with Crippen LogP contribution in [0.4, 0.5) is 17.5 Å². The summed E-state index contributed by atoms with van der Waals surface area (Å²) in [6, 6.07) is 8.76. The number of likely N-dealkylation sites (tertiary alicyclic amines) is 1. The van der Waals surface area contributed by atoms with Gasteiger partial charge in [-0.1, -0.05) is 24.8 Å². The Morgan fingerprint density at radius 2 is 2.00 bits per heavy atom. The van der Waals surface area contributed by atoms with Crippen LogP contribution in [0.3, 0.4) is 0 Å². The van der Waals surface area contributed by atoms with Gasteiger partial charge in [-0.05, 0) is 70.5 Å². The number of nitrogens with one attached hydrogen (secondary N) is 3. The highest BCUT2D eigenvalue weighted by atomic mass is 16.2. The third kappa shape index (κ3) is 10.3. The Morgan fingerprint density at radius 3 is 2.73 bits per heavy atom. The summed E-state index contributed by atoms with van der Waals surface area (Å²) in [5.41, 5.74) is 2.07. The molecular formula is C31H40N8O2. The summed E-state index contributed by atoms with van der Waals surface area (Å²) < 4.78 is 0. The second-order valence-corrected chi connectivity index (χ2v) is 10.1. The molecule has 216 valence electrons. The van der Waals surface area contributed by atoms with Crippen LogP contribution in [-0.2, 0) is 9.59 Å². The van der Waals surface area contributed by atoms with E-state index in [1.807, 2.05) is 25.1 Å². The Hall–Kier alpha value is -4.41. The van der Waals surface area contributed by atoms with Gasteiger partial charge in [0.15, 0.2) is 0 Å². The lowest BCUT2D eigenvalue weighted by Crippen LogP contribution is -2.51. The zero-order valence-corrected chi connectivity index (χ0v) is 24.2. The van der Waals surface area contributed by atoms with Gasteiger partial charge in [-0.2, -0.15) is 10.2 Å². The van der Waals surface area contributed by atoms with Crippen molar-refractivity contribution in [3.63, 3.8) is 0 Å². The normalized spacial score (nSPS) is 14.7. The molecule has 0 spiro atoms. The molecule has 1 saturated heterocycles. The van der Waals surface area contributed by atoms with Crippen LogP contribution in [0.15, 0.2) is 42.6 Å². The number of aromatic nitrogens is 2. The van der Waals surface area contributed by atoms with Gasteiger partial charge in [0.05, 0.1) is 23.4 Å². The summed E-state index contributed by atoms with van der Waals surface area (Å²) in [5.74, 6) is 7.20. The van der Waals surface area contributed by atoms with Crippen LogP contribution in [0, 0.1) is 23.2 Å². The molecule has 0 aliphatic carbocycles. The number of likely N-dealkylation sites (N-methyl/N-ethyl adjacent to an activating group) is 1. The first-order valence-electron chi connectivity index (χ1n) is 14.2. The summed E-state index contributed by atoms with van der Waals surface area (Å²) in [6.07, 6.45) is 9.85. The lowest BCUT2D eigenvalue weighted by Gasteiger charge is -2.34. The van der Waals surface area contributed by atoms with Crippen LogP contribution in [0.5, 0.6) is 0 Å². The van der Waals surface area contributed by atoms with E-state index >= 15 is 0 Å².